The Hall–Kier alpha value is -1.07. The maximum absolute atomic E-state index is 11.4. The summed E-state index contributed by atoms with van der Waals surface area (Å²) in [5.41, 5.74) is 1.70. The minimum atomic E-state index is -3.63. The van der Waals surface area contributed by atoms with E-state index in [2.05, 4.69) is 9.44 Å². The summed E-state index contributed by atoms with van der Waals surface area (Å²) in [7, 11) is -3.63. The van der Waals surface area contributed by atoms with Crippen molar-refractivity contribution in [1.29, 1.82) is 0 Å². The maximum Gasteiger partial charge on any atom is 0.328 e. The van der Waals surface area contributed by atoms with Crippen LogP contribution in [0.1, 0.15) is 30.9 Å². The molecular weight excluding hydrogens is 274 g/mol. The van der Waals surface area contributed by atoms with E-state index in [1.807, 2.05) is 26.0 Å². The molecule has 100 valence electrons. The molecule has 1 rings (SSSR count). The lowest BCUT2D eigenvalue weighted by atomic mass is 10.2. The molecule has 0 heterocycles. The van der Waals surface area contributed by atoms with Gasteiger partial charge in [0, 0.05) is 5.56 Å². The Morgan fingerprint density at radius 2 is 1.94 bits per heavy atom. The number of benzene rings is 1. The number of hydrogen-bond donors (Lipinski definition) is 0. The number of rotatable bonds is 6. The average Bonchev–Trinajstić information content (AvgIpc) is 2.35. The number of oxime groups is 1. The van der Waals surface area contributed by atoms with E-state index < -0.39 is 10.1 Å². The molecular formula is C12H16ClNO3S. The Morgan fingerprint density at radius 3 is 2.50 bits per heavy atom. The van der Waals surface area contributed by atoms with Gasteiger partial charge in [0.25, 0.3) is 0 Å². The number of nitrogens with zero attached hydrogens (tertiary/aromatic N) is 1. The van der Waals surface area contributed by atoms with Crippen molar-refractivity contribution in [1.82, 2.24) is 0 Å². The van der Waals surface area contributed by atoms with Crippen LogP contribution in [0.25, 0.3) is 0 Å². The molecule has 6 heteroatoms. The molecule has 0 amide bonds. The van der Waals surface area contributed by atoms with Crippen LogP contribution in [0.15, 0.2) is 29.4 Å². The summed E-state index contributed by atoms with van der Waals surface area (Å²) in [6.07, 6.45) is 1.32. The first-order valence-electron chi connectivity index (χ1n) is 5.66. The Balaban J connectivity index is 2.70. The number of hydrogen-bond acceptors (Lipinski definition) is 4. The van der Waals surface area contributed by atoms with Crippen molar-refractivity contribution < 1.29 is 12.7 Å². The normalized spacial score (nSPS) is 12.5. The van der Waals surface area contributed by atoms with E-state index in [9.17, 15) is 8.42 Å². The van der Waals surface area contributed by atoms with E-state index in [4.69, 9.17) is 11.6 Å². The van der Waals surface area contributed by atoms with Gasteiger partial charge in [-0.05, 0) is 13.3 Å². The quantitative estimate of drug-likeness (QED) is 0.597. The lowest BCUT2D eigenvalue weighted by Gasteiger charge is -2.02. The van der Waals surface area contributed by atoms with Crippen molar-refractivity contribution in [3.8, 4) is 0 Å². The average molecular weight is 290 g/mol. The first kappa shape index (κ1) is 15.0. The van der Waals surface area contributed by atoms with Crippen LogP contribution in [0.3, 0.4) is 0 Å². The van der Waals surface area contributed by atoms with Crippen LogP contribution in [0, 0.1) is 6.92 Å². The molecule has 0 bridgehead atoms. The van der Waals surface area contributed by atoms with Crippen molar-refractivity contribution in [3.05, 3.63) is 35.4 Å². The van der Waals surface area contributed by atoms with Gasteiger partial charge < -0.3 is 0 Å². The van der Waals surface area contributed by atoms with Crippen LogP contribution in [-0.2, 0) is 14.4 Å². The number of aryl methyl sites for hydroxylation is 1. The summed E-state index contributed by atoms with van der Waals surface area (Å²) < 4.78 is 27.3. The second-order valence-electron chi connectivity index (χ2n) is 3.94. The van der Waals surface area contributed by atoms with Crippen molar-refractivity contribution in [3.63, 3.8) is 0 Å². The Bertz CT molecular complexity index is 509. The van der Waals surface area contributed by atoms with Crippen LogP contribution >= 0.6 is 11.6 Å². The predicted octanol–water partition coefficient (Wildman–Crippen LogP) is 3.04. The topological polar surface area (TPSA) is 55.7 Å². The third-order valence-electron chi connectivity index (χ3n) is 2.27. The van der Waals surface area contributed by atoms with Gasteiger partial charge in [0.05, 0.1) is 5.75 Å². The van der Waals surface area contributed by atoms with Crippen molar-refractivity contribution >= 4 is 26.9 Å². The van der Waals surface area contributed by atoms with Gasteiger partial charge in [-0.2, -0.15) is 8.42 Å². The van der Waals surface area contributed by atoms with Gasteiger partial charge in [0.2, 0.25) is 0 Å². The van der Waals surface area contributed by atoms with Crippen LogP contribution in [0.5, 0.6) is 0 Å². The summed E-state index contributed by atoms with van der Waals surface area (Å²) in [4.78, 5) is 0. The maximum atomic E-state index is 11.4. The monoisotopic (exact) mass is 289 g/mol. The summed E-state index contributed by atoms with van der Waals surface area (Å²) in [6, 6.07) is 7.23. The highest BCUT2D eigenvalue weighted by atomic mass is 35.5. The molecule has 0 aliphatic carbocycles. The largest absolute Gasteiger partial charge is 0.328 e. The summed E-state index contributed by atoms with van der Waals surface area (Å²) >= 11 is 5.86. The van der Waals surface area contributed by atoms with Crippen molar-refractivity contribution in [2.75, 3.05) is 5.75 Å². The lowest BCUT2D eigenvalue weighted by Crippen LogP contribution is -2.08. The van der Waals surface area contributed by atoms with Gasteiger partial charge in [0.15, 0.2) is 5.17 Å². The molecule has 0 aliphatic heterocycles. The molecule has 0 aliphatic rings. The fourth-order valence-corrected chi connectivity index (χ4v) is 2.30. The van der Waals surface area contributed by atoms with Gasteiger partial charge >= 0.3 is 10.1 Å². The number of unbranched alkanes of at least 4 members (excludes halogenated alkanes) is 1. The molecule has 1 aromatic carbocycles. The standard InChI is InChI=1S/C12H16ClNO3S/c1-3-4-9-18(15,16)17-14-12(13)11-7-5-10(2)6-8-11/h5-8H,3-4,9H2,1-2H3. The highest BCUT2D eigenvalue weighted by Gasteiger charge is 2.11. The fourth-order valence-electron chi connectivity index (χ4n) is 1.19. The Kier molecular flexibility index (Phi) is 5.62. The second kappa shape index (κ2) is 6.75. The van der Waals surface area contributed by atoms with Crippen LogP contribution in [0.4, 0.5) is 0 Å². The fraction of sp³-hybridized carbons (Fsp3) is 0.417. The SMILES string of the molecule is CCCCS(=O)(=O)ON=C(Cl)c1ccc(C)cc1. The first-order valence-corrected chi connectivity index (χ1v) is 7.62. The molecule has 0 atom stereocenters. The number of halogens is 1. The molecule has 4 nitrogen and oxygen atoms in total. The predicted molar refractivity (Wildman–Crippen MR) is 73.3 cm³/mol. The smallest absolute Gasteiger partial charge is 0.267 e. The molecule has 0 saturated carbocycles. The van der Waals surface area contributed by atoms with E-state index in [1.165, 1.54) is 0 Å². The summed E-state index contributed by atoms with van der Waals surface area (Å²) in [6.45, 7) is 3.85. The Labute approximate surface area is 113 Å². The molecule has 0 aromatic heterocycles. The van der Waals surface area contributed by atoms with E-state index in [1.54, 1.807) is 12.1 Å². The molecule has 0 spiro atoms. The molecule has 0 fully saturated rings. The lowest BCUT2D eigenvalue weighted by molar-refractivity contribution is 0.339. The van der Waals surface area contributed by atoms with Gasteiger partial charge in [-0.1, -0.05) is 59.9 Å². The first-order chi connectivity index (χ1) is 8.44. The zero-order valence-electron chi connectivity index (χ0n) is 10.4. The molecule has 18 heavy (non-hydrogen) atoms. The van der Waals surface area contributed by atoms with Crippen molar-refractivity contribution in [2.24, 2.45) is 5.16 Å². The van der Waals surface area contributed by atoms with Crippen LogP contribution < -0.4 is 0 Å². The zero-order valence-corrected chi connectivity index (χ0v) is 12.0. The third kappa shape index (κ3) is 5.06. The molecule has 0 radical (unpaired) electrons. The van der Waals surface area contributed by atoms with Gasteiger partial charge in [-0.15, -0.1) is 0 Å². The minimum Gasteiger partial charge on any atom is -0.267 e. The molecule has 1 aromatic rings. The van der Waals surface area contributed by atoms with Gasteiger partial charge in [-0.3, -0.25) is 4.28 Å². The van der Waals surface area contributed by atoms with Crippen molar-refractivity contribution in [2.45, 2.75) is 26.7 Å². The van der Waals surface area contributed by atoms with Gasteiger partial charge in [0.1, 0.15) is 0 Å². The van der Waals surface area contributed by atoms with Crippen LogP contribution in [0.2, 0.25) is 0 Å². The molecule has 0 saturated heterocycles. The molecule has 0 unspecified atom stereocenters. The van der Waals surface area contributed by atoms with E-state index in [0.717, 1.165) is 12.0 Å². The molecule has 0 N–H and O–H groups in total. The van der Waals surface area contributed by atoms with E-state index in [-0.39, 0.29) is 10.9 Å². The minimum absolute atomic E-state index is 0.0232. The van der Waals surface area contributed by atoms with Gasteiger partial charge in [-0.25, -0.2) is 0 Å². The zero-order chi connectivity index (χ0) is 13.6. The van der Waals surface area contributed by atoms with E-state index in [0.29, 0.717) is 12.0 Å². The van der Waals surface area contributed by atoms with E-state index >= 15 is 0 Å². The Morgan fingerprint density at radius 1 is 1.33 bits per heavy atom. The third-order valence-corrected chi connectivity index (χ3v) is 3.65. The van der Waals surface area contributed by atoms with Crippen LogP contribution in [-0.4, -0.2) is 19.3 Å². The highest BCUT2D eigenvalue weighted by molar-refractivity contribution is 7.86. The summed E-state index contributed by atoms with van der Waals surface area (Å²) in [5.74, 6) is -0.0505. The second-order valence-corrected chi connectivity index (χ2v) is 5.97. The highest BCUT2D eigenvalue weighted by Crippen LogP contribution is 2.09. The summed E-state index contributed by atoms with van der Waals surface area (Å²) in [5, 5.41) is 3.47.